The summed E-state index contributed by atoms with van der Waals surface area (Å²) in [5, 5.41) is 15.2. The molecule has 0 bridgehead atoms. The maximum Gasteiger partial charge on any atom is 0.303 e. The number of carboxylic acids is 1. The standard InChI is InChI=1S/C23H28N2O4S/c1-14-6-9-16(10-7-14)13-24-22(29)21-17-11-8-15(2)12-18(17)30-23(21)25-19(26)4-3-5-20(27)28/h6-7,9-10,15H,3-5,8,11-13H2,1-2H3,(H,24,29)(H,25,26)(H,27,28)/t15-/m1/s1. The monoisotopic (exact) mass is 428 g/mol. The highest BCUT2D eigenvalue weighted by atomic mass is 32.1. The van der Waals surface area contributed by atoms with Crippen LogP contribution in [0.25, 0.3) is 0 Å². The number of hydrogen-bond acceptors (Lipinski definition) is 4. The van der Waals surface area contributed by atoms with Gasteiger partial charge in [-0.2, -0.15) is 0 Å². The molecular formula is C23H28N2O4S. The van der Waals surface area contributed by atoms with Crippen LogP contribution in [-0.4, -0.2) is 22.9 Å². The van der Waals surface area contributed by atoms with Crippen LogP contribution in [0.15, 0.2) is 24.3 Å². The third-order valence-corrected chi connectivity index (χ3v) is 6.53. The number of nitrogens with one attached hydrogen (secondary N) is 2. The van der Waals surface area contributed by atoms with Crippen LogP contribution in [0.5, 0.6) is 0 Å². The number of carbonyl (C=O) groups excluding carboxylic acids is 2. The van der Waals surface area contributed by atoms with E-state index in [0.29, 0.717) is 23.0 Å². The number of thiophene rings is 1. The SMILES string of the molecule is Cc1ccc(CNC(=O)c2c(NC(=O)CCCC(=O)O)sc3c2CC[C@@H](C)C3)cc1. The van der Waals surface area contributed by atoms with E-state index in [1.54, 1.807) is 0 Å². The maximum atomic E-state index is 13.1. The van der Waals surface area contributed by atoms with Crippen molar-refractivity contribution in [2.75, 3.05) is 5.32 Å². The van der Waals surface area contributed by atoms with Gasteiger partial charge in [-0.15, -0.1) is 11.3 Å². The molecule has 0 saturated heterocycles. The summed E-state index contributed by atoms with van der Waals surface area (Å²) in [5.74, 6) is -0.794. The lowest BCUT2D eigenvalue weighted by molar-refractivity contribution is -0.137. The highest BCUT2D eigenvalue weighted by Crippen LogP contribution is 2.39. The van der Waals surface area contributed by atoms with Crippen LogP contribution < -0.4 is 10.6 Å². The average molecular weight is 429 g/mol. The van der Waals surface area contributed by atoms with E-state index >= 15 is 0 Å². The maximum absolute atomic E-state index is 13.1. The fourth-order valence-corrected chi connectivity index (χ4v) is 5.07. The number of rotatable bonds is 8. The largest absolute Gasteiger partial charge is 0.481 e. The number of carboxylic acid groups (broad SMARTS) is 1. The van der Waals surface area contributed by atoms with Gasteiger partial charge in [0.25, 0.3) is 5.91 Å². The highest BCUT2D eigenvalue weighted by molar-refractivity contribution is 7.17. The molecule has 0 spiro atoms. The van der Waals surface area contributed by atoms with E-state index in [2.05, 4.69) is 17.6 Å². The van der Waals surface area contributed by atoms with Crippen molar-refractivity contribution in [3.63, 3.8) is 0 Å². The lowest BCUT2D eigenvalue weighted by Gasteiger charge is -2.18. The molecule has 1 aromatic carbocycles. The van der Waals surface area contributed by atoms with Gasteiger partial charge in [-0.05, 0) is 49.7 Å². The molecule has 1 heterocycles. The van der Waals surface area contributed by atoms with Crippen LogP contribution in [0, 0.1) is 12.8 Å². The van der Waals surface area contributed by atoms with Gasteiger partial charge in [0.05, 0.1) is 5.56 Å². The number of fused-ring (bicyclic) bond motifs is 1. The van der Waals surface area contributed by atoms with E-state index in [1.165, 1.54) is 16.9 Å². The molecule has 2 aromatic rings. The summed E-state index contributed by atoms with van der Waals surface area (Å²) in [4.78, 5) is 37.2. The second-order valence-electron chi connectivity index (χ2n) is 8.02. The first-order valence-corrected chi connectivity index (χ1v) is 11.1. The zero-order chi connectivity index (χ0) is 21.7. The predicted molar refractivity (Wildman–Crippen MR) is 118 cm³/mol. The molecule has 0 aliphatic heterocycles. The van der Waals surface area contributed by atoms with E-state index in [0.717, 1.165) is 35.3 Å². The summed E-state index contributed by atoms with van der Waals surface area (Å²) in [5.41, 5.74) is 3.80. The summed E-state index contributed by atoms with van der Waals surface area (Å²) in [6, 6.07) is 8.01. The van der Waals surface area contributed by atoms with Crippen molar-refractivity contribution >= 4 is 34.1 Å². The molecule has 1 aromatic heterocycles. The Bertz CT molecular complexity index is 933. The fourth-order valence-electron chi connectivity index (χ4n) is 3.65. The average Bonchev–Trinajstić information content (AvgIpc) is 3.03. The minimum atomic E-state index is -0.917. The molecule has 0 unspecified atom stereocenters. The Labute approximate surface area is 180 Å². The molecule has 30 heavy (non-hydrogen) atoms. The second-order valence-corrected chi connectivity index (χ2v) is 9.12. The Hall–Kier alpha value is -2.67. The van der Waals surface area contributed by atoms with Crippen LogP contribution in [0.1, 0.15) is 64.5 Å². The van der Waals surface area contributed by atoms with Gasteiger partial charge < -0.3 is 15.7 Å². The number of carbonyl (C=O) groups is 3. The zero-order valence-corrected chi connectivity index (χ0v) is 18.2. The van der Waals surface area contributed by atoms with Gasteiger partial charge in [-0.3, -0.25) is 14.4 Å². The minimum absolute atomic E-state index is 0.0459. The third kappa shape index (κ3) is 5.69. The Balaban J connectivity index is 1.75. The lowest BCUT2D eigenvalue weighted by Crippen LogP contribution is -2.26. The summed E-state index contributed by atoms with van der Waals surface area (Å²) < 4.78 is 0. The van der Waals surface area contributed by atoms with E-state index in [9.17, 15) is 14.4 Å². The summed E-state index contributed by atoms with van der Waals surface area (Å²) in [6.07, 6.45) is 3.11. The van der Waals surface area contributed by atoms with Crippen molar-refractivity contribution in [3.8, 4) is 0 Å². The molecule has 2 amide bonds. The van der Waals surface area contributed by atoms with Crippen LogP contribution in [0.3, 0.4) is 0 Å². The van der Waals surface area contributed by atoms with Crippen molar-refractivity contribution < 1.29 is 19.5 Å². The molecule has 1 aliphatic rings. The second kappa shape index (κ2) is 9.89. The van der Waals surface area contributed by atoms with E-state index < -0.39 is 5.97 Å². The molecular weight excluding hydrogens is 400 g/mol. The molecule has 0 saturated carbocycles. The number of benzene rings is 1. The van der Waals surface area contributed by atoms with Gasteiger partial charge >= 0.3 is 5.97 Å². The third-order valence-electron chi connectivity index (χ3n) is 5.36. The fraction of sp³-hybridized carbons (Fsp3) is 0.435. The van der Waals surface area contributed by atoms with E-state index in [-0.39, 0.29) is 31.1 Å². The summed E-state index contributed by atoms with van der Waals surface area (Å²) in [7, 11) is 0. The van der Waals surface area contributed by atoms with Crippen molar-refractivity contribution in [1.29, 1.82) is 0 Å². The Kier molecular flexibility index (Phi) is 7.26. The Morgan fingerprint density at radius 3 is 2.60 bits per heavy atom. The van der Waals surface area contributed by atoms with Crippen molar-refractivity contribution in [2.24, 2.45) is 5.92 Å². The van der Waals surface area contributed by atoms with Crippen LogP contribution in [0.2, 0.25) is 0 Å². The number of amides is 2. The molecule has 3 rings (SSSR count). The predicted octanol–water partition coefficient (Wildman–Crippen LogP) is 4.30. The summed E-state index contributed by atoms with van der Waals surface area (Å²) in [6.45, 7) is 4.64. The van der Waals surface area contributed by atoms with Crippen molar-refractivity contribution in [1.82, 2.24) is 5.32 Å². The molecule has 1 atom stereocenters. The lowest BCUT2D eigenvalue weighted by atomic mass is 9.88. The van der Waals surface area contributed by atoms with Gasteiger partial charge in [0, 0.05) is 24.3 Å². The van der Waals surface area contributed by atoms with Gasteiger partial charge in [-0.25, -0.2) is 0 Å². The van der Waals surface area contributed by atoms with Crippen LogP contribution in [-0.2, 0) is 29.0 Å². The highest BCUT2D eigenvalue weighted by Gasteiger charge is 2.28. The molecule has 3 N–H and O–H groups in total. The van der Waals surface area contributed by atoms with Gasteiger partial charge in [-0.1, -0.05) is 36.8 Å². The smallest absolute Gasteiger partial charge is 0.303 e. The summed E-state index contributed by atoms with van der Waals surface area (Å²) >= 11 is 1.48. The topological polar surface area (TPSA) is 95.5 Å². The zero-order valence-electron chi connectivity index (χ0n) is 17.4. The molecule has 7 heteroatoms. The van der Waals surface area contributed by atoms with Gasteiger partial charge in [0.2, 0.25) is 5.91 Å². The quantitative estimate of drug-likeness (QED) is 0.584. The molecule has 6 nitrogen and oxygen atoms in total. The Morgan fingerprint density at radius 1 is 1.17 bits per heavy atom. The molecule has 0 radical (unpaired) electrons. The Morgan fingerprint density at radius 2 is 1.90 bits per heavy atom. The van der Waals surface area contributed by atoms with Crippen LogP contribution in [0.4, 0.5) is 5.00 Å². The first-order valence-electron chi connectivity index (χ1n) is 10.3. The van der Waals surface area contributed by atoms with E-state index in [4.69, 9.17) is 5.11 Å². The first-order chi connectivity index (χ1) is 14.3. The van der Waals surface area contributed by atoms with Crippen molar-refractivity contribution in [3.05, 3.63) is 51.4 Å². The van der Waals surface area contributed by atoms with E-state index in [1.807, 2.05) is 31.2 Å². The van der Waals surface area contributed by atoms with Gasteiger partial charge in [0.15, 0.2) is 0 Å². The van der Waals surface area contributed by atoms with Crippen LogP contribution >= 0.6 is 11.3 Å². The number of aliphatic carboxylic acids is 1. The van der Waals surface area contributed by atoms with Gasteiger partial charge in [0.1, 0.15) is 5.00 Å². The molecule has 160 valence electrons. The molecule has 1 aliphatic carbocycles. The normalized spacial score (nSPS) is 15.3. The first kappa shape index (κ1) is 22.0. The number of anilines is 1. The minimum Gasteiger partial charge on any atom is -0.481 e. The molecule has 0 fully saturated rings. The number of aryl methyl sites for hydroxylation is 1. The van der Waals surface area contributed by atoms with Crippen molar-refractivity contribution in [2.45, 2.75) is 58.9 Å². The number of hydrogen-bond donors (Lipinski definition) is 3.